The van der Waals surface area contributed by atoms with Gasteiger partial charge in [-0.25, -0.2) is 19.9 Å². The number of hydrogen-bond donors (Lipinski definition) is 0. The predicted octanol–water partition coefficient (Wildman–Crippen LogP) is 12.6. The van der Waals surface area contributed by atoms with Gasteiger partial charge < -0.3 is 8.83 Å². The molecule has 0 aliphatic carbocycles. The van der Waals surface area contributed by atoms with Crippen LogP contribution in [0, 0.1) is 0 Å². The number of nitrogens with zero attached hydrogens (tertiary/aromatic N) is 4. The van der Waals surface area contributed by atoms with Crippen LogP contribution in [-0.2, 0) is 0 Å². The first kappa shape index (κ1) is 29.7. The van der Waals surface area contributed by atoms with E-state index in [9.17, 15) is 0 Å². The summed E-state index contributed by atoms with van der Waals surface area (Å²) in [7, 11) is 0. The first-order valence-electron chi connectivity index (χ1n) is 17.4. The third kappa shape index (κ3) is 4.93. The van der Waals surface area contributed by atoms with Crippen LogP contribution in [0.1, 0.15) is 0 Å². The number of hydrogen-bond acceptors (Lipinski definition) is 7. The largest absolute Gasteiger partial charge is 0.456 e. The molecule has 4 aromatic heterocycles. The molecule has 6 nitrogen and oxygen atoms in total. The fourth-order valence-corrected chi connectivity index (χ4v) is 8.22. The van der Waals surface area contributed by atoms with Gasteiger partial charge in [0.25, 0.3) is 0 Å². The number of benzene rings is 7. The molecule has 11 rings (SSSR count). The second-order valence-electron chi connectivity index (χ2n) is 13.0. The fourth-order valence-electron chi connectivity index (χ4n) is 7.26. The molecule has 11 aromatic rings. The molecule has 7 aromatic carbocycles. The van der Waals surface area contributed by atoms with Crippen molar-refractivity contribution in [1.82, 2.24) is 19.9 Å². The molecule has 248 valence electrons. The molecule has 0 unspecified atom stereocenters. The third-order valence-corrected chi connectivity index (χ3v) is 10.9. The topological polar surface area (TPSA) is 77.8 Å². The highest BCUT2D eigenvalue weighted by Crippen LogP contribution is 2.40. The Morgan fingerprint density at radius 1 is 0.396 bits per heavy atom. The fraction of sp³-hybridized carbons (Fsp3) is 0. The van der Waals surface area contributed by atoms with Crippen molar-refractivity contribution in [3.05, 3.63) is 158 Å². The van der Waals surface area contributed by atoms with Crippen molar-refractivity contribution in [2.75, 3.05) is 0 Å². The maximum Gasteiger partial charge on any atom is 0.164 e. The lowest BCUT2D eigenvalue weighted by molar-refractivity contribution is 0.669. The highest BCUT2D eigenvalue weighted by molar-refractivity contribution is 7.21. The number of para-hydroxylation sites is 3. The van der Waals surface area contributed by atoms with Crippen molar-refractivity contribution in [3.63, 3.8) is 0 Å². The SMILES string of the molecule is c1ccc(-c2nc(-c3ccc(-c4cccc5c4oc4ccccc45)cc3)nc(-c3cccc4oc5ccc(-c6nc7ccccc7s6)cc5c34)n2)cc1. The lowest BCUT2D eigenvalue weighted by Gasteiger charge is -2.10. The highest BCUT2D eigenvalue weighted by Gasteiger charge is 2.19. The second kappa shape index (κ2) is 11.8. The third-order valence-electron chi connectivity index (χ3n) is 9.80. The quantitative estimate of drug-likeness (QED) is 0.178. The average Bonchev–Trinajstić information content (AvgIpc) is 3.94. The van der Waals surface area contributed by atoms with E-state index in [-0.39, 0.29) is 0 Å². The molecular formula is C46H26N4O2S. The van der Waals surface area contributed by atoms with Crippen LogP contribution in [0.3, 0.4) is 0 Å². The predicted molar refractivity (Wildman–Crippen MR) is 215 cm³/mol. The van der Waals surface area contributed by atoms with Crippen LogP contribution in [0.15, 0.2) is 167 Å². The summed E-state index contributed by atoms with van der Waals surface area (Å²) in [6.45, 7) is 0. The van der Waals surface area contributed by atoms with Crippen molar-refractivity contribution in [1.29, 1.82) is 0 Å². The smallest absolute Gasteiger partial charge is 0.164 e. The van der Waals surface area contributed by atoms with Crippen LogP contribution in [0.5, 0.6) is 0 Å². The van der Waals surface area contributed by atoms with Gasteiger partial charge in [-0.15, -0.1) is 11.3 Å². The molecule has 0 saturated heterocycles. The van der Waals surface area contributed by atoms with E-state index in [1.807, 2.05) is 78.9 Å². The Hall–Kier alpha value is -6.96. The summed E-state index contributed by atoms with van der Waals surface area (Å²) < 4.78 is 13.9. The van der Waals surface area contributed by atoms with Crippen molar-refractivity contribution < 1.29 is 8.83 Å². The van der Waals surface area contributed by atoms with Gasteiger partial charge in [-0.05, 0) is 48.0 Å². The average molecular weight is 699 g/mol. The lowest BCUT2D eigenvalue weighted by Crippen LogP contribution is -2.00. The van der Waals surface area contributed by atoms with E-state index in [0.29, 0.717) is 17.5 Å². The minimum absolute atomic E-state index is 0.573. The zero-order valence-corrected chi connectivity index (χ0v) is 28.8. The standard InChI is InChI=1S/C46H26N4O2S/c1-2-10-28(11-3-1)43-48-44(29-22-20-27(21-23-29)31-13-8-14-33-32-12-4-6-17-37(32)52-42(31)33)50-45(49-43)34-15-9-18-39-41(34)35-26-30(24-25-38(35)51-39)46-47-36-16-5-7-19-40(36)53-46/h1-26H. The minimum Gasteiger partial charge on any atom is -0.456 e. The maximum atomic E-state index is 6.40. The van der Waals surface area contributed by atoms with Crippen LogP contribution in [0.4, 0.5) is 0 Å². The number of thiazole rings is 1. The van der Waals surface area contributed by atoms with E-state index in [0.717, 1.165) is 92.5 Å². The summed E-state index contributed by atoms with van der Waals surface area (Å²) in [5.74, 6) is 1.76. The molecule has 7 heteroatoms. The first-order valence-corrected chi connectivity index (χ1v) is 18.2. The minimum atomic E-state index is 0.573. The number of aromatic nitrogens is 4. The van der Waals surface area contributed by atoms with Crippen molar-refractivity contribution in [3.8, 4) is 55.9 Å². The zero-order chi connectivity index (χ0) is 34.9. The van der Waals surface area contributed by atoms with Crippen LogP contribution < -0.4 is 0 Å². The molecule has 0 radical (unpaired) electrons. The van der Waals surface area contributed by atoms with Crippen molar-refractivity contribution in [2.24, 2.45) is 0 Å². The Labute approximate surface area is 306 Å². The van der Waals surface area contributed by atoms with Gasteiger partial charge in [-0.2, -0.15) is 0 Å². The van der Waals surface area contributed by atoms with Crippen LogP contribution in [-0.4, -0.2) is 19.9 Å². The van der Waals surface area contributed by atoms with E-state index in [1.165, 1.54) is 0 Å². The Kier molecular flexibility index (Phi) is 6.62. The van der Waals surface area contributed by atoms with E-state index >= 15 is 0 Å². The van der Waals surface area contributed by atoms with Gasteiger partial charge in [-0.3, -0.25) is 0 Å². The molecule has 0 amide bonds. The normalized spacial score (nSPS) is 11.8. The zero-order valence-electron chi connectivity index (χ0n) is 28.0. The molecule has 0 aliphatic rings. The maximum absolute atomic E-state index is 6.40. The molecule has 0 fully saturated rings. The Morgan fingerprint density at radius 2 is 1.04 bits per heavy atom. The van der Waals surface area contributed by atoms with Gasteiger partial charge in [0.1, 0.15) is 27.3 Å². The Morgan fingerprint density at radius 3 is 1.91 bits per heavy atom. The van der Waals surface area contributed by atoms with Gasteiger partial charge in [0, 0.05) is 49.4 Å². The summed E-state index contributed by atoms with van der Waals surface area (Å²) >= 11 is 1.69. The molecule has 0 N–H and O–H groups in total. The highest BCUT2D eigenvalue weighted by atomic mass is 32.1. The van der Waals surface area contributed by atoms with Gasteiger partial charge in [0.2, 0.25) is 0 Å². The Bertz CT molecular complexity index is 3150. The molecule has 0 atom stereocenters. The van der Waals surface area contributed by atoms with Crippen LogP contribution in [0.2, 0.25) is 0 Å². The first-order chi connectivity index (χ1) is 26.2. The Balaban J connectivity index is 1.06. The van der Waals surface area contributed by atoms with Crippen LogP contribution in [0.25, 0.3) is 110 Å². The summed E-state index contributed by atoms with van der Waals surface area (Å²) in [4.78, 5) is 20.2. The molecule has 4 heterocycles. The van der Waals surface area contributed by atoms with E-state index < -0.39 is 0 Å². The second-order valence-corrected chi connectivity index (χ2v) is 14.0. The van der Waals surface area contributed by atoms with Gasteiger partial charge in [0.15, 0.2) is 17.5 Å². The van der Waals surface area contributed by atoms with E-state index in [1.54, 1.807) is 11.3 Å². The molecule has 0 aliphatic heterocycles. The summed E-state index contributed by atoms with van der Waals surface area (Å²) in [5, 5.41) is 5.12. The summed E-state index contributed by atoms with van der Waals surface area (Å²) in [6.07, 6.45) is 0. The number of fused-ring (bicyclic) bond motifs is 7. The molecule has 0 spiro atoms. The number of rotatable bonds is 5. The van der Waals surface area contributed by atoms with E-state index in [2.05, 4.69) is 78.9 Å². The van der Waals surface area contributed by atoms with Crippen molar-refractivity contribution in [2.45, 2.75) is 0 Å². The van der Waals surface area contributed by atoms with Gasteiger partial charge >= 0.3 is 0 Å². The molecular weight excluding hydrogens is 673 g/mol. The molecule has 53 heavy (non-hydrogen) atoms. The molecule has 0 saturated carbocycles. The van der Waals surface area contributed by atoms with E-state index in [4.69, 9.17) is 28.8 Å². The van der Waals surface area contributed by atoms with Crippen LogP contribution >= 0.6 is 11.3 Å². The van der Waals surface area contributed by atoms with Crippen molar-refractivity contribution >= 4 is 65.4 Å². The monoisotopic (exact) mass is 698 g/mol. The number of furan rings is 2. The molecule has 0 bridgehead atoms. The van der Waals surface area contributed by atoms with Gasteiger partial charge in [-0.1, -0.05) is 115 Å². The summed E-state index contributed by atoms with van der Waals surface area (Å²) in [5.41, 5.74) is 10.1. The lowest BCUT2D eigenvalue weighted by atomic mass is 10.0. The summed E-state index contributed by atoms with van der Waals surface area (Å²) in [6, 6.07) is 53.4. The van der Waals surface area contributed by atoms with Gasteiger partial charge in [0.05, 0.1) is 10.2 Å².